The zero-order valence-corrected chi connectivity index (χ0v) is 16.1. The minimum absolute atomic E-state index is 0.0916. The number of carboxylic acids is 1. The molecule has 1 aromatic carbocycles. The van der Waals surface area contributed by atoms with Crippen LogP contribution in [0.2, 0.25) is 0 Å². The molecule has 3 heterocycles. The predicted octanol–water partition coefficient (Wildman–Crippen LogP) is 1.15. The normalized spacial score (nSPS) is 19.3. The molecule has 1 amide bonds. The lowest BCUT2D eigenvalue weighted by Crippen LogP contribution is -2.50. The molecule has 1 aromatic heterocycles. The topological polar surface area (TPSA) is 102 Å². The van der Waals surface area contributed by atoms with Crippen LogP contribution in [-0.2, 0) is 9.59 Å². The van der Waals surface area contributed by atoms with Gasteiger partial charge >= 0.3 is 5.97 Å². The first kappa shape index (κ1) is 18.9. The molecule has 9 nitrogen and oxygen atoms in total. The van der Waals surface area contributed by atoms with Crippen molar-refractivity contribution in [3.05, 3.63) is 48.4 Å². The van der Waals surface area contributed by atoms with Gasteiger partial charge in [0.1, 0.15) is 17.4 Å². The monoisotopic (exact) mass is 394 g/mol. The Balaban J connectivity index is 1.45. The van der Waals surface area contributed by atoms with Gasteiger partial charge < -0.3 is 14.9 Å². The zero-order chi connectivity index (χ0) is 20.4. The van der Waals surface area contributed by atoms with Crippen molar-refractivity contribution >= 4 is 29.1 Å². The maximum atomic E-state index is 13.0. The summed E-state index contributed by atoms with van der Waals surface area (Å²) in [6, 6.07) is 10.0. The maximum absolute atomic E-state index is 13.0. The molecule has 150 valence electrons. The molecular weight excluding hydrogens is 372 g/mol. The molecule has 0 aliphatic carbocycles. The fraction of sp³-hybridized carbons (Fsp3) is 0.350. The van der Waals surface area contributed by atoms with Gasteiger partial charge in [-0.1, -0.05) is 18.2 Å². The summed E-state index contributed by atoms with van der Waals surface area (Å²) in [5.41, 5.74) is 0.944. The molecule has 0 radical (unpaired) electrons. The molecule has 0 bridgehead atoms. The van der Waals surface area contributed by atoms with Crippen molar-refractivity contribution in [1.29, 1.82) is 0 Å². The zero-order valence-electron chi connectivity index (χ0n) is 16.1. The Bertz CT molecular complexity index is 940. The van der Waals surface area contributed by atoms with E-state index >= 15 is 0 Å². The Labute approximate surface area is 168 Å². The first-order valence-electron chi connectivity index (χ1n) is 9.51. The summed E-state index contributed by atoms with van der Waals surface area (Å²) in [5, 5.41) is 15.4. The van der Waals surface area contributed by atoms with E-state index in [1.54, 1.807) is 23.2 Å². The molecule has 1 saturated heterocycles. The van der Waals surface area contributed by atoms with E-state index in [9.17, 15) is 14.7 Å². The lowest BCUT2D eigenvalue weighted by molar-refractivity contribution is -0.138. The molecule has 29 heavy (non-hydrogen) atoms. The van der Waals surface area contributed by atoms with Gasteiger partial charge in [0.05, 0.1) is 5.69 Å². The number of amides is 1. The first-order chi connectivity index (χ1) is 14.0. The number of rotatable bonds is 4. The number of aromatic nitrogens is 2. The highest BCUT2D eigenvalue weighted by Crippen LogP contribution is 2.25. The molecule has 2 aliphatic heterocycles. The molecule has 2 aromatic rings. The van der Waals surface area contributed by atoms with Crippen LogP contribution in [0.25, 0.3) is 0 Å². The number of hydrogen-bond acceptors (Lipinski definition) is 7. The van der Waals surface area contributed by atoms with Crippen molar-refractivity contribution in [2.24, 2.45) is 5.10 Å². The van der Waals surface area contributed by atoms with Crippen LogP contribution in [0.3, 0.4) is 0 Å². The third kappa shape index (κ3) is 3.89. The van der Waals surface area contributed by atoms with Gasteiger partial charge in [0.2, 0.25) is 0 Å². The summed E-state index contributed by atoms with van der Waals surface area (Å²) in [5.74, 6) is 0.364. The van der Waals surface area contributed by atoms with E-state index in [0.717, 1.165) is 5.82 Å². The summed E-state index contributed by atoms with van der Waals surface area (Å²) in [7, 11) is 0. The molecule has 9 heteroatoms. The van der Waals surface area contributed by atoms with E-state index in [-0.39, 0.29) is 18.0 Å². The van der Waals surface area contributed by atoms with E-state index in [0.29, 0.717) is 37.7 Å². The average Bonchev–Trinajstić information content (AvgIpc) is 3.20. The lowest BCUT2D eigenvalue weighted by Gasteiger charge is -2.35. The Hall–Kier alpha value is -3.49. The summed E-state index contributed by atoms with van der Waals surface area (Å²) >= 11 is 0. The highest BCUT2D eigenvalue weighted by molar-refractivity contribution is 6.40. The van der Waals surface area contributed by atoms with E-state index in [4.69, 9.17) is 0 Å². The first-order valence-corrected chi connectivity index (χ1v) is 9.51. The Morgan fingerprint density at radius 3 is 2.45 bits per heavy atom. The second-order valence-corrected chi connectivity index (χ2v) is 7.03. The number of piperazine rings is 1. The smallest absolute Gasteiger partial charge is 0.328 e. The predicted molar refractivity (Wildman–Crippen MR) is 108 cm³/mol. The second kappa shape index (κ2) is 7.86. The number of benzene rings is 1. The number of hydrogen-bond donors (Lipinski definition) is 1. The Kier molecular flexibility index (Phi) is 5.11. The van der Waals surface area contributed by atoms with Crippen LogP contribution in [0, 0.1) is 6.92 Å². The Morgan fingerprint density at radius 2 is 1.79 bits per heavy atom. The van der Waals surface area contributed by atoms with Gasteiger partial charge in [0.15, 0.2) is 6.04 Å². The van der Waals surface area contributed by atoms with Crippen molar-refractivity contribution in [2.75, 3.05) is 36.1 Å². The largest absolute Gasteiger partial charge is 0.480 e. The molecule has 0 saturated carbocycles. The van der Waals surface area contributed by atoms with Gasteiger partial charge in [-0.25, -0.2) is 14.8 Å². The van der Waals surface area contributed by atoms with Gasteiger partial charge in [-0.3, -0.25) is 9.80 Å². The molecular formula is C20H22N6O3. The molecule has 1 unspecified atom stereocenters. The number of aliphatic carboxylic acids is 1. The van der Waals surface area contributed by atoms with Gasteiger partial charge in [0.25, 0.3) is 5.91 Å². The molecule has 0 spiro atoms. The number of carboxylic acid groups (broad SMARTS) is 1. The number of carbonyl (C=O) groups is 2. The van der Waals surface area contributed by atoms with E-state index < -0.39 is 12.0 Å². The number of carbonyl (C=O) groups excluding carboxylic acids is 1. The Morgan fingerprint density at radius 1 is 1.07 bits per heavy atom. The van der Waals surface area contributed by atoms with Crippen LogP contribution < -0.4 is 9.91 Å². The fourth-order valence-corrected chi connectivity index (χ4v) is 3.59. The average molecular weight is 394 g/mol. The highest BCUT2D eigenvalue weighted by Gasteiger charge is 2.38. The third-order valence-electron chi connectivity index (χ3n) is 5.12. The molecule has 4 rings (SSSR count). The maximum Gasteiger partial charge on any atom is 0.328 e. The number of anilines is 2. The molecule has 1 fully saturated rings. The fourth-order valence-electron chi connectivity index (χ4n) is 3.59. The van der Waals surface area contributed by atoms with Crippen molar-refractivity contribution < 1.29 is 14.7 Å². The number of nitrogens with zero attached hydrogens (tertiary/aromatic N) is 6. The van der Waals surface area contributed by atoms with Crippen LogP contribution in [0.5, 0.6) is 0 Å². The van der Waals surface area contributed by atoms with Crippen LogP contribution in [0.1, 0.15) is 12.2 Å². The molecule has 1 N–H and O–H groups in total. The number of aryl methyl sites for hydroxylation is 1. The van der Waals surface area contributed by atoms with Gasteiger partial charge in [-0.2, -0.15) is 5.10 Å². The quantitative estimate of drug-likeness (QED) is 0.830. The summed E-state index contributed by atoms with van der Waals surface area (Å²) in [6.45, 7) is 4.22. The SMILES string of the molecule is Cc1nccc(N2CCN(C(=O)C3=NN(c4ccccc4)C(C(=O)O)C3)CC2)n1. The van der Waals surface area contributed by atoms with Crippen LogP contribution in [-0.4, -0.2) is 69.8 Å². The minimum atomic E-state index is -0.996. The van der Waals surface area contributed by atoms with Gasteiger partial charge in [-0.05, 0) is 25.1 Å². The van der Waals surface area contributed by atoms with Crippen LogP contribution in [0.4, 0.5) is 11.5 Å². The molecule has 2 aliphatic rings. The minimum Gasteiger partial charge on any atom is -0.480 e. The standard InChI is InChI=1S/C20H22N6O3/c1-14-21-8-7-18(22-14)24-9-11-25(12-10-24)19(27)16-13-17(20(28)29)26(23-16)15-5-3-2-4-6-15/h2-8,17H,9-13H2,1H3,(H,28,29). The molecule has 1 atom stereocenters. The summed E-state index contributed by atoms with van der Waals surface area (Å²) < 4.78 is 0. The van der Waals surface area contributed by atoms with Crippen molar-refractivity contribution in [3.8, 4) is 0 Å². The third-order valence-corrected chi connectivity index (χ3v) is 5.12. The van der Waals surface area contributed by atoms with Crippen LogP contribution >= 0.6 is 0 Å². The van der Waals surface area contributed by atoms with E-state index in [1.165, 1.54) is 5.01 Å². The number of para-hydroxylation sites is 1. The summed E-state index contributed by atoms with van der Waals surface area (Å²) in [6.07, 6.45) is 1.82. The number of hydrazone groups is 1. The van der Waals surface area contributed by atoms with Crippen molar-refractivity contribution in [1.82, 2.24) is 14.9 Å². The van der Waals surface area contributed by atoms with Crippen molar-refractivity contribution in [2.45, 2.75) is 19.4 Å². The lowest BCUT2D eigenvalue weighted by atomic mass is 10.1. The van der Waals surface area contributed by atoms with Crippen LogP contribution in [0.15, 0.2) is 47.7 Å². The van der Waals surface area contributed by atoms with Gasteiger partial charge in [0, 0.05) is 38.8 Å². The highest BCUT2D eigenvalue weighted by atomic mass is 16.4. The van der Waals surface area contributed by atoms with Crippen molar-refractivity contribution in [3.63, 3.8) is 0 Å². The van der Waals surface area contributed by atoms with E-state index in [1.807, 2.05) is 31.2 Å². The van der Waals surface area contributed by atoms with Gasteiger partial charge in [-0.15, -0.1) is 0 Å². The second-order valence-electron chi connectivity index (χ2n) is 7.03. The van der Waals surface area contributed by atoms with E-state index in [2.05, 4.69) is 20.0 Å². The summed E-state index contributed by atoms with van der Waals surface area (Å²) in [4.78, 5) is 37.1.